The van der Waals surface area contributed by atoms with Gasteiger partial charge in [0.2, 0.25) is 0 Å². The maximum Gasteiger partial charge on any atom is 0.0640 e. The van der Waals surface area contributed by atoms with Gasteiger partial charge in [-0.15, -0.1) is 11.6 Å². The first-order chi connectivity index (χ1) is 3.27. The lowest BCUT2D eigenvalue weighted by molar-refractivity contribution is 0.919. The molecule has 2 heteroatoms. The molecule has 0 unspecified atom stereocenters. The van der Waals surface area contributed by atoms with Crippen LogP contribution in [0.3, 0.4) is 0 Å². The molecule has 0 aliphatic heterocycles. The monoisotopic (exact) mass is 115 g/mol. The van der Waals surface area contributed by atoms with Gasteiger partial charge >= 0.3 is 0 Å². The lowest BCUT2D eigenvalue weighted by atomic mass is 10.3. The van der Waals surface area contributed by atoms with Crippen molar-refractivity contribution in [2.45, 2.75) is 24.1 Å². The molecule has 0 spiro atoms. The topological polar surface area (TPSA) is 23.8 Å². The Morgan fingerprint density at radius 2 is 2.29 bits per heavy atom. The van der Waals surface area contributed by atoms with Crippen LogP contribution in [0.15, 0.2) is 0 Å². The van der Waals surface area contributed by atoms with Gasteiger partial charge in [0, 0.05) is 0 Å². The molecule has 0 radical (unpaired) electrons. The Morgan fingerprint density at radius 1 is 1.71 bits per heavy atom. The number of nitriles is 1. The number of alkyl halides is 1. The fourth-order valence-corrected chi connectivity index (χ4v) is 0.608. The fourth-order valence-electron chi connectivity index (χ4n) is 0.454. The van der Waals surface area contributed by atoms with Crippen molar-refractivity contribution in [1.29, 1.82) is 5.26 Å². The minimum absolute atomic E-state index is 0.0885. The number of nitrogens with zero attached hydrogens (tertiary/aromatic N) is 1. The molecule has 0 heterocycles. The normalized spacial score (nSPS) is 23.4. The van der Waals surface area contributed by atoms with Crippen molar-refractivity contribution in [3.05, 3.63) is 0 Å². The molecule has 1 aliphatic carbocycles. The first-order valence-corrected chi connectivity index (χ1v) is 2.70. The largest absolute Gasteiger partial charge is 0.198 e. The van der Waals surface area contributed by atoms with E-state index in [2.05, 4.69) is 0 Å². The van der Waals surface area contributed by atoms with E-state index in [0.29, 0.717) is 6.42 Å². The molecule has 0 aromatic carbocycles. The molecule has 0 amide bonds. The van der Waals surface area contributed by atoms with Gasteiger partial charge in [0.15, 0.2) is 0 Å². The summed E-state index contributed by atoms with van der Waals surface area (Å²) in [5.74, 6) is 0. The Labute approximate surface area is 47.9 Å². The molecule has 1 fully saturated rings. The summed E-state index contributed by atoms with van der Waals surface area (Å²) in [6.07, 6.45) is 2.58. The van der Waals surface area contributed by atoms with Crippen LogP contribution in [0.4, 0.5) is 0 Å². The van der Waals surface area contributed by atoms with Gasteiger partial charge in [-0.2, -0.15) is 5.26 Å². The van der Waals surface area contributed by atoms with E-state index in [-0.39, 0.29) is 4.87 Å². The number of hydrogen-bond donors (Lipinski definition) is 0. The van der Waals surface area contributed by atoms with E-state index in [9.17, 15) is 0 Å². The van der Waals surface area contributed by atoms with Crippen LogP contribution in [-0.4, -0.2) is 4.87 Å². The molecule has 0 bridgehead atoms. The first-order valence-electron chi connectivity index (χ1n) is 2.33. The van der Waals surface area contributed by atoms with Crippen molar-refractivity contribution in [3.63, 3.8) is 0 Å². The first kappa shape index (κ1) is 4.93. The van der Waals surface area contributed by atoms with Gasteiger partial charge in [0.1, 0.15) is 0 Å². The van der Waals surface area contributed by atoms with E-state index in [1.807, 2.05) is 6.07 Å². The minimum Gasteiger partial charge on any atom is -0.198 e. The zero-order valence-corrected chi connectivity index (χ0v) is 4.70. The lowest BCUT2D eigenvalue weighted by Gasteiger charge is -1.91. The third-order valence-corrected chi connectivity index (χ3v) is 1.70. The van der Waals surface area contributed by atoms with Crippen molar-refractivity contribution < 1.29 is 0 Å². The van der Waals surface area contributed by atoms with Crippen LogP contribution in [0.1, 0.15) is 19.3 Å². The standard InChI is InChI=1S/C5H6ClN/c6-5(1-2-5)3-4-7/h1-3H2. The average molecular weight is 116 g/mol. The van der Waals surface area contributed by atoms with Crippen LogP contribution < -0.4 is 0 Å². The highest BCUT2D eigenvalue weighted by Gasteiger charge is 2.39. The van der Waals surface area contributed by atoms with Crippen LogP contribution in [-0.2, 0) is 0 Å². The average Bonchev–Trinajstić information content (AvgIpc) is 2.22. The predicted octanol–water partition coefficient (Wildman–Crippen LogP) is 1.67. The Morgan fingerprint density at radius 3 is 2.43 bits per heavy atom. The van der Waals surface area contributed by atoms with Crippen LogP contribution in [0.2, 0.25) is 0 Å². The summed E-state index contributed by atoms with van der Waals surface area (Å²) in [7, 11) is 0. The number of halogens is 1. The van der Waals surface area contributed by atoms with Gasteiger partial charge in [-0.1, -0.05) is 0 Å². The minimum atomic E-state index is -0.0885. The SMILES string of the molecule is N#CCC1(Cl)CC1. The quantitative estimate of drug-likeness (QED) is 0.477. The van der Waals surface area contributed by atoms with Crippen molar-refractivity contribution in [2.75, 3.05) is 0 Å². The van der Waals surface area contributed by atoms with Crippen molar-refractivity contribution in [1.82, 2.24) is 0 Å². The predicted molar refractivity (Wildman–Crippen MR) is 28.0 cm³/mol. The Bertz CT molecular complexity index is 110. The zero-order chi connectivity index (χ0) is 5.33. The van der Waals surface area contributed by atoms with Gasteiger partial charge < -0.3 is 0 Å². The second-order valence-corrected chi connectivity index (χ2v) is 2.79. The molecular weight excluding hydrogens is 110 g/mol. The Kier molecular flexibility index (Phi) is 0.972. The summed E-state index contributed by atoms with van der Waals surface area (Å²) in [6, 6.07) is 2.04. The zero-order valence-electron chi connectivity index (χ0n) is 3.95. The molecule has 0 aromatic heterocycles. The van der Waals surface area contributed by atoms with E-state index in [4.69, 9.17) is 16.9 Å². The molecule has 0 saturated heterocycles. The summed E-state index contributed by atoms with van der Waals surface area (Å²) >= 11 is 5.72. The highest BCUT2D eigenvalue weighted by atomic mass is 35.5. The van der Waals surface area contributed by atoms with Crippen LogP contribution in [0.25, 0.3) is 0 Å². The van der Waals surface area contributed by atoms with Crippen LogP contribution in [0, 0.1) is 11.3 Å². The van der Waals surface area contributed by atoms with Gasteiger partial charge in [-0.25, -0.2) is 0 Å². The third kappa shape index (κ3) is 1.07. The number of hydrogen-bond acceptors (Lipinski definition) is 1. The fraction of sp³-hybridized carbons (Fsp3) is 0.800. The molecule has 38 valence electrons. The molecule has 7 heavy (non-hydrogen) atoms. The van der Waals surface area contributed by atoms with Gasteiger partial charge in [-0.3, -0.25) is 0 Å². The summed E-state index contributed by atoms with van der Waals surface area (Å²) < 4.78 is 0. The van der Waals surface area contributed by atoms with E-state index < -0.39 is 0 Å². The van der Waals surface area contributed by atoms with Gasteiger partial charge in [0.05, 0.1) is 17.4 Å². The van der Waals surface area contributed by atoms with Crippen LogP contribution >= 0.6 is 11.6 Å². The smallest absolute Gasteiger partial charge is 0.0640 e. The summed E-state index contributed by atoms with van der Waals surface area (Å²) in [5, 5.41) is 8.11. The molecule has 1 aliphatic rings. The highest BCUT2D eigenvalue weighted by molar-refractivity contribution is 6.25. The van der Waals surface area contributed by atoms with Crippen LogP contribution in [0.5, 0.6) is 0 Å². The highest BCUT2D eigenvalue weighted by Crippen LogP contribution is 2.44. The van der Waals surface area contributed by atoms with E-state index in [1.54, 1.807) is 0 Å². The molecule has 0 N–H and O–H groups in total. The van der Waals surface area contributed by atoms with Gasteiger partial charge in [0.25, 0.3) is 0 Å². The number of rotatable bonds is 1. The molecule has 0 atom stereocenters. The summed E-state index contributed by atoms with van der Waals surface area (Å²) in [4.78, 5) is -0.0885. The van der Waals surface area contributed by atoms with Crippen molar-refractivity contribution in [3.8, 4) is 6.07 Å². The summed E-state index contributed by atoms with van der Waals surface area (Å²) in [6.45, 7) is 0. The Balaban J connectivity index is 2.30. The molecule has 1 nitrogen and oxygen atoms in total. The van der Waals surface area contributed by atoms with E-state index >= 15 is 0 Å². The molecule has 0 aromatic rings. The van der Waals surface area contributed by atoms with Crippen molar-refractivity contribution >= 4 is 11.6 Å². The second-order valence-electron chi connectivity index (χ2n) is 1.99. The van der Waals surface area contributed by atoms with E-state index in [1.165, 1.54) is 0 Å². The van der Waals surface area contributed by atoms with E-state index in [0.717, 1.165) is 12.8 Å². The molecule has 1 rings (SSSR count). The third-order valence-electron chi connectivity index (χ3n) is 1.19. The lowest BCUT2D eigenvalue weighted by Crippen LogP contribution is -1.91. The van der Waals surface area contributed by atoms with Gasteiger partial charge in [-0.05, 0) is 12.8 Å². The maximum absolute atomic E-state index is 8.11. The Hall–Kier alpha value is -0.220. The molecule has 1 saturated carbocycles. The molecular formula is C5H6ClN. The summed E-state index contributed by atoms with van der Waals surface area (Å²) in [5.41, 5.74) is 0. The second kappa shape index (κ2) is 1.38. The van der Waals surface area contributed by atoms with Crippen molar-refractivity contribution in [2.24, 2.45) is 0 Å². The maximum atomic E-state index is 8.11.